The molecular formula is C45H76NO8P. The number of allylic oxidation sites excluding steroid dienone is 14. The largest absolute Gasteiger partial charge is 0.472 e. The van der Waals surface area contributed by atoms with Crippen molar-refractivity contribution in [3.05, 3.63) is 85.1 Å². The van der Waals surface area contributed by atoms with Crippen molar-refractivity contribution in [2.24, 2.45) is 0 Å². The maximum Gasteiger partial charge on any atom is 0.472 e. The smallest absolute Gasteiger partial charge is 0.463 e. The molecule has 10 heteroatoms. The lowest BCUT2D eigenvalue weighted by atomic mass is 10.1. The molecule has 9 nitrogen and oxygen atoms in total. The molecule has 0 saturated carbocycles. The molecule has 314 valence electrons. The number of nitrogens with one attached hydrogen (secondary N) is 1. The average Bonchev–Trinajstić information content (AvgIpc) is 3.17. The molecule has 0 aliphatic rings. The Morgan fingerprint density at radius 2 is 1.04 bits per heavy atom. The summed E-state index contributed by atoms with van der Waals surface area (Å²) in [5.41, 5.74) is 0. The highest BCUT2D eigenvalue weighted by Gasteiger charge is 2.23. The molecule has 2 unspecified atom stereocenters. The molecule has 0 aliphatic heterocycles. The second-order valence-electron chi connectivity index (χ2n) is 13.6. The second-order valence-corrected chi connectivity index (χ2v) is 15.0. The summed E-state index contributed by atoms with van der Waals surface area (Å²) in [4.78, 5) is 33.9. The zero-order valence-corrected chi connectivity index (χ0v) is 35.2. The van der Waals surface area contributed by atoms with Gasteiger partial charge in [0.2, 0.25) is 5.91 Å². The molecule has 0 fully saturated rings. The van der Waals surface area contributed by atoms with Crippen LogP contribution in [0.1, 0.15) is 155 Å². The van der Waals surface area contributed by atoms with E-state index < -0.39 is 26.5 Å². The lowest BCUT2D eigenvalue weighted by molar-refractivity contribution is -0.147. The van der Waals surface area contributed by atoms with Crippen molar-refractivity contribution >= 4 is 19.7 Å². The number of unbranched alkanes of at least 4 members (excludes halogenated alkanes) is 11. The van der Waals surface area contributed by atoms with Gasteiger partial charge in [-0.25, -0.2) is 4.57 Å². The molecule has 0 aromatic rings. The van der Waals surface area contributed by atoms with E-state index in [4.69, 9.17) is 13.8 Å². The predicted octanol–water partition coefficient (Wildman–Crippen LogP) is 11.7. The molecule has 0 bridgehead atoms. The summed E-state index contributed by atoms with van der Waals surface area (Å²) in [6.07, 6.45) is 50.8. The molecule has 0 aliphatic carbocycles. The Morgan fingerprint density at radius 1 is 0.582 bits per heavy atom. The van der Waals surface area contributed by atoms with Crippen molar-refractivity contribution in [2.45, 2.75) is 161 Å². The van der Waals surface area contributed by atoms with Gasteiger partial charge in [-0.05, 0) is 89.9 Å². The first-order valence-electron chi connectivity index (χ1n) is 21.1. The van der Waals surface area contributed by atoms with Gasteiger partial charge in [-0.1, -0.05) is 137 Å². The van der Waals surface area contributed by atoms with Crippen molar-refractivity contribution in [1.29, 1.82) is 0 Å². The third-order valence-corrected chi connectivity index (χ3v) is 9.29. The van der Waals surface area contributed by atoms with Gasteiger partial charge >= 0.3 is 13.8 Å². The van der Waals surface area contributed by atoms with E-state index >= 15 is 0 Å². The van der Waals surface area contributed by atoms with Crippen molar-refractivity contribution in [3.8, 4) is 0 Å². The number of amides is 1. The van der Waals surface area contributed by atoms with Gasteiger partial charge in [0.25, 0.3) is 0 Å². The molecule has 55 heavy (non-hydrogen) atoms. The van der Waals surface area contributed by atoms with Gasteiger partial charge in [-0.2, -0.15) is 0 Å². The number of hydrogen-bond acceptors (Lipinski definition) is 7. The second kappa shape index (κ2) is 40.8. The fraction of sp³-hybridized carbons (Fsp3) is 0.644. The van der Waals surface area contributed by atoms with Gasteiger partial charge < -0.3 is 20.1 Å². The lowest BCUT2D eigenvalue weighted by Crippen LogP contribution is -2.27. The van der Waals surface area contributed by atoms with Crippen LogP contribution in [-0.4, -0.2) is 54.3 Å². The normalized spacial score (nSPS) is 14.2. The van der Waals surface area contributed by atoms with Gasteiger partial charge in [0.05, 0.1) is 13.2 Å². The number of aliphatic hydroxyl groups excluding tert-OH is 1. The van der Waals surface area contributed by atoms with E-state index in [0.717, 1.165) is 96.3 Å². The predicted molar refractivity (Wildman–Crippen MR) is 229 cm³/mol. The number of ether oxygens (including phenoxy) is 1. The fourth-order valence-electron chi connectivity index (χ4n) is 5.14. The molecule has 0 spiro atoms. The van der Waals surface area contributed by atoms with Crippen LogP contribution >= 0.6 is 7.82 Å². The van der Waals surface area contributed by atoms with Crippen molar-refractivity contribution < 1.29 is 37.9 Å². The zero-order valence-electron chi connectivity index (χ0n) is 34.3. The number of esters is 1. The molecule has 0 saturated heterocycles. The Labute approximate surface area is 334 Å². The van der Waals surface area contributed by atoms with Gasteiger partial charge in [-0.3, -0.25) is 18.6 Å². The summed E-state index contributed by atoms with van der Waals surface area (Å²) >= 11 is 0. The fourth-order valence-corrected chi connectivity index (χ4v) is 5.90. The molecule has 2 atom stereocenters. The van der Waals surface area contributed by atoms with Crippen molar-refractivity contribution in [1.82, 2.24) is 5.32 Å². The Kier molecular flexibility index (Phi) is 38.8. The average molecular weight is 790 g/mol. The summed E-state index contributed by atoms with van der Waals surface area (Å²) in [6.45, 7) is 3.33. The first-order valence-corrected chi connectivity index (χ1v) is 22.6. The van der Waals surface area contributed by atoms with E-state index in [9.17, 15) is 24.2 Å². The number of carbonyl (C=O) groups excluding carboxylic acids is 2. The minimum absolute atomic E-state index is 0.0650. The van der Waals surface area contributed by atoms with Crippen LogP contribution in [-0.2, 0) is 27.9 Å². The van der Waals surface area contributed by atoms with Crippen molar-refractivity contribution in [3.63, 3.8) is 0 Å². The molecule has 0 radical (unpaired) electrons. The number of aliphatic hydroxyl groups is 1. The Hall–Kier alpha value is -2.81. The molecule has 1 amide bonds. The monoisotopic (exact) mass is 790 g/mol. The number of hydrogen-bond donors (Lipinski definition) is 3. The van der Waals surface area contributed by atoms with Crippen LogP contribution < -0.4 is 5.32 Å². The highest BCUT2D eigenvalue weighted by Crippen LogP contribution is 2.42. The van der Waals surface area contributed by atoms with Crippen LogP contribution in [0, 0.1) is 0 Å². The molecule has 0 heterocycles. The van der Waals surface area contributed by atoms with Crippen LogP contribution in [0.5, 0.6) is 0 Å². The van der Waals surface area contributed by atoms with Crippen LogP contribution in [0.15, 0.2) is 85.1 Å². The number of rotatable bonds is 38. The summed E-state index contributed by atoms with van der Waals surface area (Å²) in [5.74, 6) is -0.571. The highest BCUT2D eigenvalue weighted by atomic mass is 31.2. The van der Waals surface area contributed by atoms with Gasteiger partial charge in [-0.15, -0.1) is 0 Å². The number of carbonyl (C=O) groups is 2. The standard InChI is InChI=1S/C45H76NO8P/c1-3-5-7-9-11-13-15-17-19-20-21-22-24-26-28-30-32-34-36-38-45(49)52-41-43(47)42-54-55(50,51)53-40-39-46-44(48)37-35-33-31-29-27-25-23-18-16-14-12-10-8-6-4-2/h5,7,11-14,17-19,21-23,26,28,43,47H,3-4,6,8-10,15-16,20,24-25,27,29-42H2,1-2H3,(H,46,48)(H,50,51)/b7-5-,13-11-,14-12-,19-17-,22-21-,23-18-,28-26-. The van der Waals surface area contributed by atoms with Gasteiger partial charge in [0.15, 0.2) is 0 Å². The van der Waals surface area contributed by atoms with Crippen LogP contribution in [0.2, 0.25) is 0 Å². The van der Waals surface area contributed by atoms with E-state index in [1.165, 1.54) is 25.7 Å². The van der Waals surface area contributed by atoms with E-state index in [-0.39, 0.29) is 32.1 Å². The van der Waals surface area contributed by atoms with E-state index in [0.29, 0.717) is 12.8 Å². The topological polar surface area (TPSA) is 131 Å². The van der Waals surface area contributed by atoms with E-state index in [1.807, 2.05) is 0 Å². The molecule has 0 aromatic heterocycles. The van der Waals surface area contributed by atoms with Gasteiger partial charge in [0.1, 0.15) is 12.7 Å². The highest BCUT2D eigenvalue weighted by molar-refractivity contribution is 7.47. The molecule has 3 N–H and O–H groups in total. The first kappa shape index (κ1) is 52.2. The van der Waals surface area contributed by atoms with Crippen LogP contribution in [0.4, 0.5) is 0 Å². The Morgan fingerprint density at radius 3 is 1.58 bits per heavy atom. The molecule has 0 aromatic carbocycles. The first-order chi connectivity index (χ1) is 26.8. The zero-order chi connectivity index (χ0) is 40.3. The van der Waals surface area contributed by atoms with Crippen LogP contribution in [0.3, 0.4) is 0 Å². The quantitative estimate of drug-likeness (QED) is 0.0244. The number of phosphoric acid groups is 1. The number of phosphoric ester groups is 1. The minimum atomic E-state index is -4.43. The summed E-state index contributed by atoms with van der Waals surface area (Å²) in [5, 5.41) is 12.7. The van der Waals surface area contributed by atoms with E-state index in [1.54, 1.807) is 0 Å². The third-order valence-electron chi connectivity index (χ3n) is 8.31. The molecule has 0 rings (SSSR count). The van der Waals surface area contributed by atoms with E-state index in [2.05, 4.69) is 104 Å². The lowest BCUT2D eigenvalue weighted by Gasteiger charge is -2.15. The Bertz CT molecular complexity index is 1170. The Balaban J connectivity index is 3.71. The van der Waals surface area contributed by atoms with Crippen molar-refractivity contribution in [2.75, 3.05) is 26.4 Å². The van der Waals surface area contributed by atoms with Gasteiger partial charge in [0, 0.05) is 19.4 Å². The third kappa shape index (κ3) is 42.2. The molecular weight excluding hydrogens is 713 g/mol. The van der Waals surface area contributed by atoms with Crippen LogP contribution in [0.25, 0.3) is 0 Å². The summed E-state index contributed by atoms with van der Waals surface area (Å²) < 4.78 is 26.8. The summed E-state index contributed by atoms with van der Waals surface area (Å²) in [7, 11) is -4.43. The minimum Gasteiger partial charge on any atom is -0.463 e. The maximum atomic E-state index is 12.1. The maximum absolute atomic E-state index is 12.1. The SMILES string of the molecule is CC/C=C\C/C=C\C/C=C\C/C=C\C/C=C\CCCCCC(=O)OCC(O)COP(=O)(O)OCCNC(=O)CCCCCCC/C=C\C/C=C\CCCCC. The summed E-state index contributed by atoms with van der Waals surface area (Å²) in [6, 6.07) is 0.